The average Bonchev–Trinajstić information content (AvgIpc) is 1.66. The summed E-state index contributed by atoms with van der Waals surface area (Å²) in [5.41, 5.74) is 10.1. The van der Waals surface area contributed by atoms with Crippen molar-refractivity contribution in [1.82, 2.24) is 5.32 Å². The molecular formula is C4H13N3O. The van der Waals surface area contributed by atoms with Crippen LogP contribution in [0.3, 0.4) is 0 Å². The molecule has 0 saturated heterocycles. The fourth-order valence-corrected chi connectivity index (χ4v) is 0.352. The molecule has 0 spiro atoms. The molecule has 0 rings (SSSR count). The van der Waals surface area contributed by atoms with Crippen molar-refractivity contribution in [2.24, 2.45) is 11.5 Å². The second-order valence-electron chi connectivity index (χ2n) is 1.56. The van der Waals surface area contributed by atoms with Gasteiger partial charge < -0.3 is 21.9 Å². The molecule has 0 aliphatic carbocycles. The molecule has 0 bridgehead atoms. The summed E-state index contributed by atoms with van der Waals surface area (Å²) in [6, 6.07) is 0. The normalized spacial score (nSPS) is 13.9. The van der Waals surface area contributed by atoms with Gasteiger partial charge in [0.25, 0.3) is 0 Å². The molecule has 8 heavy (non-hydrogen) atoms. The van der Waals surface area contributed by atoms with Crippen LogP contribution in [-0.4, -0.2) is 31.0 Å². The predicted molar refractivity (Wildman–Crippen MR) is 32.1 cm³/mol. The Morgan fingerprint density at radius 1 is 1.62 bits per heavy atom. The van der Waals surface area contributed by atoms with Crippen LogP contribution in [0, 0.1) is 0 Å². The van der Waals surface area contributed by atoms with Crippen molar-refractivity contribution in [3.63, 3.8) is 0 Å². The Labute approximate surface area is 48.9 Å². The largest absolute Gasteiger partial charge is 0.377 e. The third-order valence-corrected chi connectivity index (χ3v) is 0.675. The standard InChI is InChI=1S/C4H13N3O/c5-1-2-7-3-4(6)8/h4,7-8H,1-3,5-6H2. The van der Waals surface area contributed by atoms with Gasteiger partial charge in [-0.25, -0.2) is 0 Å². The van der Waals surface area contributed by atoms with Crippen molar-refractivity contribution >= 4 is 0 Å². The Morgan fingerprint density at radius 2 is 2.25 bits per heavy atom. The highest BCUT2D eigenvalue weighted by atomic mass is 16.3. The number of rotatable bonds is 4. The Morgan fingerprint density at radius 3 is 2.62 bits per heavy atom. The van der Waals surface area contributed by atoms with Crippen molar-refractivity contribution in [2.75, 3.05) is 19.6 Å². The zero-order chi connectivity index (χ0) is 6.41. The van der Waals surface area contributed by atoms with Crippen molar-refractivity contribution in [1.29, 1.82) is 0 Å². The van der Waals surface area contributed by atoms with E-state index >= 15 is 0 Å². The van der Waals surface area contributed by atoms with Crippen LogP contribution >= 0.6 is 0 Å². The third-order valence-electron chi connectivity index (χ3n) is 0.675. The van der Waals surface area contributed by atoms with E-state index in [2.05, 4.69) is 5.32 Å². The first-order valence-electron chi connectivity index (χ1n) is 2.62. The van der Waals surface area contributed by atoms with Gasteiger partial charge in [0.15, 0.2) is 0 Å². The van der Waals surface area contributed by atoms with E-state index in [1.807, 2.05) is 0 Å². The molecule has 0 aromatic heterocycles. The van der Waals surface area contributed by atoms with Crippen LogP contribution in [0.4, 0.5) is 0 Å². The average molecular weight is 119 g/mol. The molecule has 4 heteroatoms. The molecular weight excluding hydrogens is 106 g/mol. The van der Waals surface area contributed by atoms with Crippen LogP contribution in [0.1, 0.15) is 0 Å². The lowest BCUT2D eigenvalue weighted by Gasteiger charge is -2.03. The fourth-order valence-electron chi connectivity index (χ4n) is 0.352. The van der Waals surface area contributed by atoms with Crippen molar-refractivity contribution in [3.05, 3.63) is 0 Å². The number of hydrogen-bond donors (Lipinski definition) is 4. The molecule has 0 aromatic carbocycles. The molecule has 0 saturated carbocycles. The van der Waals surface area contributed by atoms with Crippen LogP contribution in [0.5, 0.6) is 0 Å². The number of hydrogen-bond acceptors (Lipinski definition) is 4. The van der Waals surface area contributed by atoms with Crippen LogP contribution in [-0.2, 0) is 0 Å². The van der Waals surface area contributed by atoms with E-state index in [1.54, 1.807) is 0 Å². The number of nitrogens with one attached hydrogen (secondary N) is 1. The van der Waals surface area contributed by atoms with Gasteiger partial charge >= 0.3 is 0 Å². The van der Waals surface area contributed by atoms with Gasteiger partial charge in [0, 0.05) is 19.6 Å². The maximum Gasteiger partial charge on any atom is 0.115 e. The lowest BCUT2D eigenvalue weighted by atomic mass is 10.5. The minimum absolute atomic E-state index is 0.414. The van der Waals surface area contributed by atoms with Gasteiger partial charge in [-0.1, -0.05) is 0 Å². The highest BCUT2D eigenvalue weighted by molar-refractivity contribution is 4.50. The second kappa shape index (κ2) is 4.99. The lowest BCUT2D eigenvalue weighted by molar-refractivity contribution is 0.180. The predicted octanol–water partition coefficient (Wildman–Crippen LogP) is -2.19. The molecule has 0 aliphatic rings. The molecule has 0 aromatic rings. The molecule has 0 aliphatic heterocycles. The van der Waals surface area contributed by atoms with Gasteiger partial charge in [-0.05, 0) is 0 Å². The van der Waals surface area contributed by atoms with Crippen LogP contribution in [0.15, 0.2) is 0 Å². The van der Waals surface area contributed by atoms with Crippen molar-refractivity contribution in [3.8, 4) is 0 Å². The van der Waals surface area contributed by atoms with E-state index in [0.717, 1.165) is 0 Å². The maximum absolute atomic E-state index is 8.45. The lowest BCUT2D eigenvalue weighted by Crippen LogP contribution is -2.35. The molecule has 0 heterocycles. The summed E-state index contributed by atoms with van der Waals surface area (Å²) < 4.78 is 0. The summed E-state index contributed by atoms with van der Waals surface area (Å²) in [6.07, 6.45) is -0.762. The minimum atomic E-state index is -0.762. The van der Waals surface area contributed by atoms with E-state index in [9.17, 15) is 0 Å². The van der Waals surface area contributed by atoms with Crippen molar-refractivity contribution < 1.29 is 5.11 Å². The Hall–Kier alpha value is -0.160. The molecule has 6 N–H and O–H groups in total. The monoisotopic (exact) mass is 119 g/mol. The smallest absolute Gasteiger partial charge is 0.115 e. The minimum Gasteiger partial charge on any atom is -0.377 e. The van der Waals surface area contributed by atoms with E-state index < -0.39 is 6.23 Å². The van der Waals surface area contributed by atoms with Crippen molar-refractivity contribution in [2.45, 2.75) is 6.23 Å². The maximum atomic E-state index is 8.45. The second-order valence-corrected chi connectivity index (χ2v) is 1.56. The number of nitrogens with two attached hydrogens (primary N) is 2. The summed E-state index contributed by atoms with van der Waals surface area (Å²) in [5.74, 6) is 0. The first kappa shape index (κ1) is 7.84. The van der Waals surface area contributed by atoms with Crippen LogP contribution in [0.2, 0.25) is 0 Å². The number of aliphatic hydroxyl groups excluding tert-OH is 1. The SMILES string of the molecule is NCCNCC(N)O. The molecule has 4 nitrogen and oxygen atoms in total. The summed E-state index contributed by atoms with van der Waals surface area (Å²) in [4.78, 5) is 0. The first-order valence-corrected chi connectivity index (χ1v) is 2.62. The topological polar surface area (TPSA) is 84.3 Å². The Kier molecular flexibility index (Phi) is 4.89. The highest BCUT2D eigenvalue weighted by Gasteiger charge is 1.90. The summed E-state index contributed by atoms with van der Waals surface area (Å²) in [5, 5.41) is 11.3. The van der Waals surface area contributed by atoms with Gasteiger partial charge in [0.2, 0.25) is 0 Å². The Bertz CT molecular complexity index is 48.5. The van der Waals surface area contributed by atoms with Gasteiger partial charge in [0.05, 0.1) is 0 Å². The zero-order valence-corrected chi connectivity index (χ0v) is 4.80. The zero-order valence-electron chi connectivity index (χ0n) is 4.80. The third kappa shape index (κ3) is 5.84. The van der Waals surface area contributed by atoms with E-state index in [-0.39, 0.29) is 0 Å². The van der Waals surface area contributed by atoms with Gasteiger partial charge in [0.1, 0.15) is 6.23 Å². The van der Waals surface area contributed by atoms with E-state index in [1.165, 1.54) is 0 Å². The van der Waals surface area contributed by atoms with Crippen LogP contribution < -0.4 is 16.8 Å². The van der Waals surface area contributed by atoms with Gasteiger partial charge in [-0.15, -0.1) is 0 Å². The first-order chi connectivity index (χ1) is 3.77. The molecule has 0 amide bonds. The molecule has 0 fully saturated rings. The summed E-state index contributed by atoms with van der Waals surface area (Å²) in [7, 11) is 0. The summed E-state index contributed by atoms with van der Waals surface area (Å²) in [6.45, 7) is 1.69. The quantitative estimate of drug-likeness (QED) is 0.250. The highest BCUT2D eigenvalue weighted by Crippen LogP contribution is 1.61. The Balaban J connectivity index is 2.72. The summed E-state index contributed by atoms with van der Waals surface area (Å²) >= 11 is 0. The fraction of sp³-hybridized carbons (Fsp3) is 1.00. The molecule has 50 valence electrons. The van der Waals surface area contributed by atoms with Gasteiger partial charge in [-0.2, -0.15) is 0 Å². The number of aliphatic hydroxyl groups is 1. The van der Waals surface area contributed by atoms with E-state index in [4.69, 9.17) is 16.6 Å². The van der Waals surface area contributed by atoms with Crippen LogP contribution in [0.25, 0.3) is 0 Å². The molecule has 1 unspecified atom stereocenters. The van der Waals surface area contributed by atoms with Gasteiger partial charge in [-0.3, -0.25) is 0 Å². The van der Waals surface area contributed by atoms with E-state index in [0.29, 0.717) is 19.6 Å². The molecule has 0 radical (unpaired) electrons. The molecule has 1 atom stereocenters.